The van der Waals surface area contributed by atoms with Crippen LogP contribution in [0.5, 0.6) is 0 Å². The molecule has 106 valence electrons. The fourth-order valence-corrected chi connectivity index (χ4v) is 2.72. The van der Waals surface area contributed by atoms with Crippen molar-refractivity contribution in [3.05, 3.63) is 35.7 Å². The number of nitrogens with two attached hydrogens (primary N) is 1. The van der Waals surface area contributed by atoms with E-state index in [4.69, 9.17) is 5.73 Å². The Balaban J connectivity index is 1.66. The van der Waals surface area contributed by atoms with Crippen LogP contribution in [-0.2, 0) is 6.54 Å². The zero-order valence-corrected chi connectivity index (χ0v) is 11.2. The van der Waals surface area contributed by atoms with Gasteiger partial charge in [-0.3, -0.25) is 14.8 Å². The van der Waals surface area contributed by atoms with Gasteiger partial charge in [-0.1, -0.05) is 0 Å². The highest BCUT2D eigenvalue weighted by Gasteiger charge is 2.24. The van der Waals surface area contributed by atoms with Crippen molar-refractivity contribution in [2.75, 3.05) is 13.1 Å². The van der Waals surface area contributed by atoms with Crippen LogP contribution in [0.2, 0.25) is 0 Å². The first kappa shape index (κ1) is 12.9. The number of hydrogen-bond acceptors (Lipinski definition) is 4. The number of hydrogen-bond donors (Lipinski definition) is 3. The molecule has 20 heavy (non-hydrogen) atoms. The lowest BCUT2D eigenvalue weighted by Crippen LogP contribution is -2.34. The molecular weight excluding hydrogens is 256 g/mol. The summed E-state index contributed by atoms with van der Waals surface area (Å²) in [5.74, 6) is 0.850. The second kappa shape index (κ2) is 5.46. The Morgan fingerprint density at radius 1 is 1.55 bits per heavy atom. The predicted molar refractivity (Wildman–Crippen MR) is 72.9 cm³/mol. The van der Waals surface area contributed by atoms with Crippen molar-refractivity contribution in [3.63, 3.8) is 0 Å². The number of likely N-dealkylation sites (tertiary alicyclic amines) is 1. The minimum absolute atomic E-state index is 0.308. The summed E-state index contributed by atoms with van der Waals surface area (Å²) in [7, 11) is 0. The normalized spacial score (nSPS) is 20.1. The third-order valence-electron chi connectivity index (χ3n) is 3.72. The van der Waals surface area contributed by atoms with Gasteiger partial charge in [0.2, 0.25) is 0 Å². The zero-order chi connectivity index (χ0) is 13.9. The summed E-state index contributed by atoms with van der Waals surface area (Å²) in [5.41, 5.74) is 6.53. The minimum atomic E-state index is -0.490. The number of piperidine rings is 1. The van der Waals surface area contributed by atoms with E-state index in [2.05, 4.69) is 25.1 Å². The van der Waals surface area contributed by atoms with Crippen LogP contribution >= 0.6 is 0 Å². The number of aromatic nitrogens is 4. The average Bonchev–Trinajstić information content (AvgIpc) is 3.09. The van der Waals surface area contributed by atoms with E-state index in [1.807, 2.05) is 6.20 Å². The molecule has 1 atom stereocenters. The molecule has 1 unspecified atom stereocenters. The van der Waals surface area contributed by atoms with E-state index in [-0.39, 0.29) is 0 Å². The average molecular weight is 274 g/mol. The van der Waals surface area contributed by atoms with Crippen molar-refractivity contribution in [1.82, 2.24) is 25.1 Å². The Bertz CT molecular complexity index is 575. The molecule has 0 saturated carbocycles. The van der Waals surface area contributed by atoms with Gasteiger partial charge < -0.3 is 10.7 Å². The van der Waals surface area contributed by atoms with Crippen LogP contribution in [0, 0.1) is 0 Å². The number of H-pyrrole nitrogens is 2. The molecule has 0 bridgehead atoms. The number of imidazole rings is 1. The van der Waals surface area contributed by atoms with E-state index in [1.165, 1.54) is 0 Å². The van der Waals surface area contributed by atoms with Gasteiger partial charge in [-0.2, -0.15) is 5.10 Å². The molecule has 1 saturated heterocycles. The first-order valence-corrected chi connectivity index (χ1v) is 6.78. The predicted octanol–water partition coefficient (Wildman–Crippen LogP) is 0.611. The van der Waals surface area contributed by atoms with Gasteiger partial charge >= 0.3 is 0 Å². The smallest absolute Gasteiger partial charge is 0.269 e. The van der Waals surface area contributed by atoms with Crippen LogP contribution in [-0.4, -0.2) is 44.1 Å². The molecule has 3 heterocycles. The number of nitrogens with zero attached hydrogens (tertiary/aromatic N) is 3. The van der Waals surface area contributed by atoms with Gasteiger partial charge in [0.15, 0.2) is 0 Å². The second-order valence-corrected chi connectivity index (χ2v) is 5.18. The minimum Gasteiger partial charge on any atom is -0.364 e. The summed E-state index contributed by atoms with van der Waals surface area (Å²) in [6, 6.07) is 1.77. The van der Waals surface area contributed by atoms with Crippen LogP contribution < -0.4 is 5.73 Å². The Hall–Kier alpha value is -2.15. The highest BCUT2D eigenvalue weighted by molar-refractivity contribution is 5.90. The standard InChI is InChI=1S/C13H18N6O/c14-13(20)11-6-10(17-18-11)9-2-1-5-19(7-9)8-12-15-3-4-16-12/h3-4,6,9H,1-2,5,7-8H2,(H2,14,20)(H,15,16)(H,17,18). The summed E-state index contributed by atoms with van der Waals surface area (Å²) in [6.07, 6.45) is 5.82. The van der Waals surface area contributed by atoms with Crippen LogP contribution in [0.4, 0.5) is 0 Å². The van der Waals surface area contributed by atoms with Crippen LogP contribution in [0.3, 0.4) is 0 Å². The number of amides is 1. The lowest BCUT2D eigenvalue weighted by molar-refractivity contribution is 0.0995. The highest BCUT2D eigenvalue weighted by Crippen LogP contribution is 2.26. The molecule has 0 aromatic carbocycles. The monoisotopic (exact) mass is 274 g/mol. The van der Waals surface area contributed by atoms with E-state index < -0.39 is 5.91 Å². The van der Waals surface area contributed by atoms with Crippen LogP contribution in [0.25, 0.3) is 0 Å². The Morgan fingerprint density at radius 2 is 2.45 bits per heavy atom. The number of aromatic amines is 2. The van der Waals surface area contributed by atoms with Gasteiger partial charge in [-0.15, -0.1) is 0 Å². The summed E-state index contributed by atoms with van der Waals surface area (Å²) in [4.78, 5) is 20.8. The highest BCUT2D eigenvalue weighted by atomic mass is 16.1. The van der Waals surface area contributed by atoms with Crippen molar-refractivity contribution < 1.29 is 4.79 Å². The molecule has 4 N–H and O–H groups in total. The van der Waals surface area contributed by atoms with Gasteiger partial charge in [-0.05, 0) is 25.5 Å². The number of carbonyl (C=O) groups excluding carboxylic acids is 1. The Morgan fingerprint density at radius 3 is 3.15 bits per heavy atom. The second-order valence-electron chi connectivity index (χ2n) is 5.18. The molecule has 7 nitrogen and oxygen atoms in total. The van der Waals surface area contributed by atoms with Crippen molar-refractivity contribution in [3.8, 4) is 0 Å². The molecule has 1 aliphatic heterocycles. The van der Waals surface area contributed by atoms with Gasteiger partial charge in [0.1, 0.15) is 11.5 Å². The van der Waals surface area contributed by atoms with Crippen molar-refractivity contribution >= 4 is 5.91 Å². The van der Waals surface area contributed by atoms with Crippen LogP contribution in [0.15, 0.2) is 18.5 Å². The molecule has 0 aliphatic carbocycles. The van der Waals surface area contributed by atoms with E-state index >= 15 is 0 Å². The lowest BCUT2D eigenvalue weighted by atomic mass is 9.94. The molecule has 2 aromatic rings. The Kier molecular flexibility index (Phi) is 3.51. The van der Waals surface area contributed by atoms with Crippen LogP contribution in [0.1, 0.15) is 40.8 Å². The number of nitrogens with one attached hydrogen (secondary N) is 2. The Labute approximate surface area is 116 Å². The van der Waals surface area contributed by atoms with Crippen molar-refractivity contribution in [2.45, 2.75) is 25.3 Å². The molecule has 0 spiro atoms. The van der Waals surface area contributed by atoms with E-state index in [1.54, 1.807) is 12.3 Å². The molecule has 7 heteroatoms. The van der Waals surface area contributed by atoms with E-state index in [0.29, 0.717) is 11.6 Å². The molecule has 1 aliphatic rings. The largest absolute Gasteiger partial charge is 0.364 e. The first-order chi connectivity index (χ1) is 9.72. The molecular formula is C13H18N6O. The summed E-state index contributed by atoms with van der Waals surface area (Å²) in [5, 5.41) is 6.89. The quantitative estimate of drug-likeness (QED) is 0.760. The lowest BCUT2D eigenvalue weighted by Gasteiger charge is -2.31. The molecule has 2 aromatic heterocycles. The van der Waals surface area contributed by atoms with Crippen molar-refractivity contribution in [2.24, 2.45) is 5.73 Å². The topological polar surface area (TPSA) is 104 Å². The summed E-state index contributed by atoms with van der Waals surface area (Å²) < 4.78 is 0. The zero-order valence-electron chi connectivity index (χ0n) is 11.2. The summed E-state index contributed by atoms with van der Waals surface area (Å²) >= 11 is 0. The SMILES string of the molecule is NC(=O)c1cc(C2CCCN(Cc3ncc[nH]3)C2)[nH]n1. The van der Waals surface area contributed by atoms with Gasteiger partial charge in [0.05, 0.1) is 6.54 Å². The maximum Gasteiger partial charge on any atom is 0.269 e. The maximum absolute atomic E-state index is 11.1. The van der Waals surface area contributed by atoms with Crippen molar-refractivity contribution in [1.29, 1.82) is 0 Å². The fourth-order valence-electron chi connectivity index (χ4n) is 2.72. The van der Waals surface area contributed by atoms with Gasteiger partial charge in [0.25, 0.3) is 5.91 Å². The van der Waals surface area contributed by atoms with Gasteiger partial charge in [0, 0.05) is 30.6 Å². The molecule has 3 rings (SSSR count). The third kappa shape index (κ3) is 2.72. The fraction of sp³-hybridized carbons (Fsp3) is 0.462. The number of primary amides is 1. The molecule has 1 fully saturated rings. The third-order valence-corrected chi connectivity index (χ3v) is 3.72. The van der Waals surface area contributed by atoms with E-state index in [9.17, 15) is 4.79 Å². The first-order valence-electron chi connectivity index (χ1n) is 6.78. The molecule has 0 radical (unpaired) electrons. The summed E-state index contributed by atoms with van der Waals surface area (Å²) in [6.45, 7) is 2.81. The van der Waals surface area contributed by atoms with E-state index in [0.717, 1.165) is 44.0 Å². The number of carbonyl (C=O) groups is 1. The number of rotatable bonds is 4. The maximum atomic E-state index is 11.1. The molecule has 1 amide bonds. The van der Waals surface area contributed by atoms with Gasteiger partial charge in [-0.25, -0.2) is 4.98 Å².